The summed E-state index contributed by atoms with van der Waals surface area (Å²) in [6.45, 7) is 5.05. The lowest BCUT2D eigenvalue weighted by atomic mass is 10.0. The fraction of sp³-hybridized carbons (Fsp3) is 0.409. The minimum absolute atomic E-state index is 0.211. The fourth-order valence-electron chi connectivity index (χ4n) is 3.94. The summed E-state index contributed by atoms with van der Waals surface area (Å²) >= 11 is 0. The Morgan fingerprint density at radius 1 is 1.04 bits per heavy atom. The molecule has 5 heteroatoms. The number of para-hydroxylation sites is 1. The molecule has 27 heavy (non-hydrogen) atoms. The molecule has 2 aliphatic rings. The maximum absolute atomic E-state index is 13.0. The molecule has 0 radical (unpaired) electrons. The van der Waals surface area contributed by atoms with Gasteiger partial charge in [0.1, 0.15) is 12.4 Å². The Morgan fingerprint density at radius 2 is 1.81 bits per heavy atom. The predicted molar refractivity (Wildman–Crippen MR) is 106 cm³/mol. The van der Waals surface area contributed by atoms with Crippen molar-refractivity contribution in [2.75, 3.05) is 46.4 Å². The van der Waals surface area contributed by atoms with E-state index in [1.54, 1.807) is 0 Å². The van der Waals surface area contributed by atoms with Crippen LogP contribution >= 0.6 is 0 Å². The number of hydrogen-bond donors (Lipinski definition) is 0. The lowest BCUT2D eigenvalue weighted by Crippen LogP contribution is -2.51. The third kappa shape index (κ3) is 4.15. The van der Waals surface area contributed by atoms with Gasteiger partial charge in [-0.2, -0.15) is 0 Å². The summed E-state index contributed by atoms with van der Waals surface area (Å²) in [4.78, 5) is 19.6. The second kappa shape index (κ2) is 8.11. The van der Waals surface area contributed by atoms with Gasteiger partial charge < -0.3 is 9.64 Å². The van der Waals surface area contributed by atoms with Gasteiger partial charge in [-0.3, -0.25) is 14.6 Å². The van der Waals surface area contributed by atoms with E-state index in [-0.39, 0.29) is 11.9 Å². The van der Waals surface area contributed by atoms with Crippen molar-refractivity contribution in [1.29, 1.82) is 0 Å². The van der Waals surface area contributed by atoms with Crippen molar-refractivity contribution in [3.63, 3.8) is 0 Å². The van der Waals surface area contributed by atoms with Crippen LogP contribution in [-0.4, -0.2) is 67.0 Å². The van der Waals surface area contributed by atoms with Crippen LogP contribution in [0.1, 0.15) is 17.2 Å². The maximum atomic E-state index is 13.0. The number of ether oxygens (including phenoxy) is 1. The third-order valence-corrected chi connectivity index (χ3v) is 5.58. The lowest BCUT2D eigenvalue weighted by molar-refractivity contribution is -0.135. The van der Waals surface area contributed by atoms with E-state index < -0.39 is 0 Å². The van der Waals surface area contributed by atoms with E-state index in [2.05, 4.69) is 47.2 Å². The number of fused-ring (bicyclic) bond motifs is 1. The van der Waals surface area contributed by atoms with E-state index >= 15 is 0 Å². The highest BCUT2D eigenvalue weighted by molar-refractivity contribution is 5.78. The molecule has 2 aliphatic heterocycles. The van der Waals surface area contributed by atoms with Crippen molar-refractivity contribution in [1.82, 2.24) is 14.7 Å². The van der Waals surface area contributed by atoms with E-state index in [9.17, 15) is 4.79 Å². The van der Waals surface area contributed by atoms with E-state index in [4.69, 9.17) is 4.74 Å². The third-order valence-electron chi connectivity index (χ3n) is 5.58. The van der Waals surface area contributed by atoms with Gasteiger partial charge in [-0.1, -0.05) is 48.5 Å². The smallest absolute Gasteiger partial charge is 0.236 e. The van der Waals surface area contributed by atoms with E-state index in [0.29, 0.717) is 13.2 Å². The van der Waals surface area contributed by atoms with Crippen molar-refractivity contribution in [2.45, 2.75) is 12.6 Å². The molecular formula is C22H27N3O2. The van der Waals surface area contributed by atoms with Gasteiger partial charge in [0, 0.05) is 38.3 Å². The van der Waals surface area contributed by atoms with Gasteiger partial charge in [-0.05, 0) is 18.7 Å². The zero-order valence-corrected chi connectivity index (χ0v) is 15.9. The highest BCUT2D eigenvalue weighted by Gasteiger charge is 2.29. The molecule has 1 atom stereocenters. The van der Waals surface area contributed by atoms with Gasteiger partial charge in [0.25, 0.3) is 0 Å². The van der Waals surface area contributed by atoms with Crippen LogP contribution in [0.2, 0.25) is 0 Å². The molecule has 142 valence electrons. The monoisotopic (exact) mass is 365 g/mol. The van der Waals surface area contributed by atoms with Crippen molar-refractivity contribution in [3.8, 4) is 5.75 Å². The Labute approximate surface area is 161 Å². The molecule has 2 aromatic carbocycles. The van der Waals surface area contributed by atoms with Gasteiger partial charge >= 0.3 is 0 Å². The molecule has 0 N–H and O–H groups in total. The topological polar surface area (TPSA) is 36.0 Å². The number of benzene rings is 2. The van der Waals surface area contributed by atoms with E-state index in [1.165, 1.54) is 5.56 Å². The number of carbonyl (C=O) groups is 1. The van der Waals surface area contributed by atoms with E-state index in [1.807, 2.05) is 29.2 Å². The first-order chi connectivity index (χ1) is 13.2. The predicted octanol–water partition coefficient (Wildman–Crippen LogP) is 2.40. The Morgan fingerprint density at radius 3 is 2.67 bits per heavy atom. The van der Waals surface area contributed by atoms with Crippen LogP contribution in [0, 0.1) is 0 Å². The normalized spacial score (nSPS) is 21.2. The van der Waals surface area contributed by atoms with Gasteiger partial charge in [0.15, 0.2) is 0 Å². The lowest BCUT2D eigenvalue weighted by Gasteiger charge is -2.40. The van der Waals surface area contributed by atoms with Gasteiger partial charge in [-0.15, -0.1) is 0 Å². The highest BCUT2D eigenvalue weighted by Crippen LogP contribution is 2.25. The summed E-state index contributed by atoms with van der Waals surface area (Å²) < 4.78 is 5.82. The largest absolute Gasteiger partial charge is 0.492 e. The number of nitrogens with zero attached hydrogens (tertiary/aromatic N) is 3. The summed E-state index contributed by atoms with van der Waals surface area (Å²) in [5, 5.41) is 0. The first kappa shape index (κ1) is 18.0. The van der Waals surface area contributed by atoms with Crippen molar-refractivity contribution < 1.29 is 9.53 Å². The quantitative estimate of drug-likeness (QED) is 0.837. The van der Waals surface area contributed by atoms with Crippen LogP contribution in [0.25, 0.3) is 0 Å². The molecular weight excluding hydrogens is 338 g/mol. The molecule has 2 heterocycles. The van der Waals surface area contributed by atoms with Crippen LogP contribution < -0.4 is 4.74 Å². The Balaban J connectivity index is 1.41. The molecule has 0 aromatic heterocycles. The first-order valence-corrected chi connectivity index (χ1v) is 9.67. The number of amides is 1. The standard InChI is InChI=1S/C22H27N3O2/c1-23-11-12-25(16-20(23)18-7-3-2-4-8-18)22(26)17-24-13-14-27-21-10-6-5-9-19(21)15-24/h2-10,20H,11-17H2,1H3/t20-/m0/s1. The minimum atomic E-state index is 0.211. The molecule has 1 amide bonds. The molecule has 4 rings (SSSR count). The summed E-state index contributed by atoms with van der Waals surface area (Å²) in [5.74, 6) is 1.15. The molecule has 1 fully saturated rings. The van der Waals surface area contributed by atoms with Crippen molar-refractivity contribution in [2.24, 2.45) is 0 Å². The molecule has 2 aromatic rings. The van der Waals surface area contributed by atoms with Crippen LogP contribution in [0.5, 0.6) is 5.75 Å². The number of piperazine rings is 1. The van der Waals surface area contributed by atoms with Crippen molar-refractivity contribution >= 4 is 5.91 Å². The number of hydrogen-bond acceptors (Lipinski definition) is 4. The summed E-state index contributed by atoms with van der Waals surface area (Å²) in [6, 6.07) is 18.8. The highest BCUT2D eigenvalue weighted by atomic mass is 16.5. The number of rotatable bonds is 3. The summed E-state index contributed by atoms with van der Waals surface area (Å²) in [6.07, 6.45) is 0. The average molecular weight is 365 g/mol. The SMILES string of the molecule is CN1CCN(C(=O)CN2CCOc3ccccc3C2)C[C@H]1c1ccccc1. The van der Waals surface area contributed by atoms with Gasteiger partial charge in [0.05, 0.1) is 12.6 Å². The number of carbonyl (C=O) groups excluding carboxylic acids is 1. The molecule has 0 bridgehead atoms. The molecule has 0 saturated carbocycles. The molecule has 0 spiro atoms. The Bertz CT molecular complexity index is 780. The van der Waals surface area contributed by atoms with E-state index in [0.717, 1.165) is 44.0 Å². The molecule has 0 aliphatic carbocycles. The van der Waals surface area contributed by atoms with Crippen LogP contribution in [-0.2, 0) is 11.3 Å². The fourth-order valence-corrected chi connectivity index (χ4v) is 3.94. The van der Waals surface area contributed by atoms with Crippen molar-refractivity contribution in [3.05, 3.63) is 65.7 Å². The Hall–Kier alpha value is -2.37. The molecule has 5 nitrogen and oxygen atoms in total. The molecule has 1 saturated heterocycles. The minimum Gasteiger partial charge on any atom is -0.492 e. The van der Waals surface area contributed by atoms with Crippen LogP contribution in [0.4, 0.5) is 0 Å². The first-order valence-electron chi connectivity index (χ1n) is 9.67. The molecule has 0 unspecified atom stereocenters. The zero-order valence-electron chi connectivity index (χ0n) is 15.9. The van der Waals surface area contributed by atoms with Crippen LogP contribution in [0.15, 0.2) is 54.6 Å². The maximum Gasteiger partial charge on any atom is 0.236 e. The van der Waals surface area contributed by atoms with Gasteiger partial charge in [0.2, 0.25) is 5.91 Å². The number of likely N-dealkylation sites (N-methyl/N-ethyl adjacent to an activating group) is 1. The summed E-state index contributed by atoms with van der Waals surface area (Å²) in [7, 11) is 2.14. The second-order valence-electron chi connectivity index (χ2n) is 7.41. The second-order valence-corrected chi connectivity index (χ2v) is 7.41. The Kier molecular flexibility index (Phi) is 5.41. The zero-order chi connectivity index (χ0) is 18.6. The van der Waals surface area contributed by atoms with Gasteiger partial charge in [-0.25, -0.2) is 0 Å². The van der Waals surface area contributed by atoms with Crippen LogP contribution in [0.3, 0.4) is 0 Å². The summed E-state index contributed by atoms with van der Waals surface area (Å²) in [5.41, 5.74) is 2.43. The average Bonchev–Trinajstić information content (AvgIpc) is 2.90.